The second kappa shape index (κ2) is 10.9. The second-order valence-electron chi connectivity index (χ2n) is 11.1. The number of likely N-dealkylation sites (tertiary alicyclic amines) is 2. The van der Waals surface area contributed by atoms with E-state index in [1.54, 1.807) is 36.4 Å². The Balaban J connectivity index is 1.24. The van der Waals surface area contributed by atoms with Gasteiger partial charge in [0.2, 0.25) is 5.91 Å². The fraction of sp³-hybridized carbons (Fsp3) is 0.517. The minimum Gasteiger partial charge on any atom is -0.393 e. The molecule has 0 radical (unpaired) electrons. The minimum atomic E-state index is -4.22. The highest BCUT2D eigenvalue weighted by Gasteiger charge is 2.48. The lowest BCUT2D eigenvalue weighted by Gasteiger charge is -2.34. The molecule has 5 rings (SSSR count). The molecule has 2 aromatic carbocycles. The molecule has 1 N–H and O–H groups in total. The normalized spacial score (nSPS) is 24.6. The van der Waals surface area contributed by atoms with E-state index in [1.807, 2.05) is 4.90 Å². The Hall–Kier alpha value is -2.29. The Bertz CT molecular complexity index is 1210. The molecule has 39 heavy (non-hydrogen) atoms. The summed E-state index contributed by atoms with van der Waals surface area (Å²) in [5.41, 5.74) is 2.25. The number of hydrogen-bond acceptors (Lipinski definition) is 3. The van der Waals surface area contributed by atoms with Crippen LogP contribution in [-0.2, 0) is 11.3 Å². The molecule has 2 aliphatic heterocycles. The van der Waals surface area contributed by atoms with Crippen molar-refractivity contribution in [3.63, 3.8) is 0 Å². The number of benzene rings is 2. The SMILES string of the molecule is O=C(c1ccc(-c2cc(Cl)c(CN3CCC4(CCC(O)CC4)C3=O)c(Cl)c2)cc1)N1CCC(C(F)(F)F)CC1. The van der Waals surface area contributed by atoms with Gasteiger partial charge in [0, 0.05) is 47.4 Å². The predicted octanol–water partition coefficient (Wildman–Crippen LogP) is 6.73. The standard InChI is InChI=1S/C29H31Cl2F3N2O3/c30-24-15-20(16-25(31)23(24)17-36-14-11-28(27(36)39)9-5-22(37)6-10-28)18-1-3-19(4-2-18)26(38)35-12-7-21(8-13-35)29(32,33)34/h1-4,15-16,21-22,37H,5-14,17H2. The fourth-order valence-electron chi connectivity index (χ4n) is 6.17. The molecule has 2 aromatic rings. The highest BCUT2D eigenvalue weighted by molar-refractivity contribution is 6.36. The Morgan fingerprint density at radius 3 is 2.08 bits per heavy atom. The van der Waals surface area contributed by atoms with Gasteiger partial charge < -0.3 is 14.9 Å². The molecule has 0 unspecified atom stereocenters. The molecule has 1 aliphatic carbocycles. The lowest BCUT2D eigenvalue weighted by molar-refractivity contribution is -0.183. The summed E-state index contributed by atoms with van der Waals surface area (Å²) in [4.78, 5) is 29.4. The van der Waals surface area contributed by atoms with E-state index in [2.05, 4.69) is 0 Å². The van der Waals surface area contributed by atoms with Crippen molar-refractivity contribution in [3.8, 4) is 11.1 Å². The van der Waals surface area contributed by atoms with Crippen LogP contribution in [0.4, 0.5) is 13.2 Å². The lowest BCUT2D eigenvalue weighted by atomic mass is 9.72. The van der Waals surface area contributed by atoms with Crippen LogP contribution in [0.2, 0.25) is 10.0 Å². The zero-order valence-electron chi connectivity index (χ0n) is 21.4. The van der Waals surface area contributed by atoms with Gasteiger partial charge in [0.15, 0.2) is 0 Å². The third kappa shape index (κ3) is 5.79. The van der Waals surface area contributed by atoms with Gasteiger partial charge in [-0.25, -0.2) is 0 Å². The van der Waals surface area contributed by atoms with Gasteiger partial charge in [0.05, 0.1) is 17.4 Å². The topological polar surface area (TPSA) is 60.9 Å². The summed E-state index contributed by atoms with van der Waals surface area (Å²) in [6.07, 6.45) is -1.22. The average Bonchev–Trinajstić information content (AvgIpc) is 3.21. The molecule has 1 spiro atoms. The molecule has 2 saturated heterocycles. The summed E-state index contributed by atoms with van der Waals surface area (Å²) in [5.74, 6) is -1.53. The summed E-state index contributed by atoms with van der Waals surface area (Å²) in [7, 11) is 0. The first kappa shape index (κ1) is 28.2. The maximum atomic E-state index is 13.2. The van der Waals surface area contributed by atoms with Gasteiger partial charge in [-0.05, 0) is 80.3 Å². The number of nitrogens with zero attached hydrogens (tertiary/aromatic N) is 2. The number of hydrogen-bond donors (Lipinski definition) is 1. The largest absolute Gasteiger partial charge is 0.393 e. The predicted molar refractivity (Wildman–Crippen MR) is 144 cm³/mol. The molecule has 1 saturated carbocycles. The average molecular weight is 583 g/mol. The zero-order valence-corrected chi connectivity index (χ0v) is 23.0. The summed E-state index contributed by atoms with van der Waals surface area (Å²) in [5, 5.41) is 10.7. The molecule has 210 valence electrons. The smallest absolute Gasteiger partial charge is 0.391 e. The van der Waals surface area contributed by atoms with Gasteiger partial charge in [-0.15, -0.1) is 0 Å². The molecule has 0 aromatic heterocycles. The van der Waals surface area contributed by atoms with Crippen molar-refractivity contribution in [1.82, 2.24) is 9.80 Å². The van der Waals surface area contributed by atoms with E-state index in [4.69, 9.17) is 23.2 Å². The molecule has 0 atom stereocenters. The summed E-state index contributed by atoms with van der Waals surface area (Å²) in [6, 6.07) is 10.4. The third-order valence-electron chi connectivity index (χ3n) is 8.71. The number of piperidine rings is 1. The van der Waals surface area contributed by atoms with Crippen LogP contribution in [0, 0.1) is 11.3 Å². The van der Waals surface area contributed by atoms with Gasteiger partial charge in [0.25, 0.3) is 5.91 Å². The van der Waals surface area contributed by atoms with Crippen molar-refractivity contribution in [1.29, 1.82) is 0 Å². The van der Waals surface area contributed by atoms with Crippen LogP contribution in [-0.4, -0.2) is 58.6 Å². The Morgan fingerprint density at radius 1 is 0.923 bits per heavy atom. The van der Waals surface area contributed by atoms with Crippen LogP contribution in [0.15, 0.2) is 36.4 Å². The van der Waals surface area contributed by atoms with Crippen molar-refractivity contribution >= 4 is 35.0 Å². The Morgan fingerprint density at radius 2 is 1.51 bits per heavy atom. The quantitative estimate of drug-likeness (QED) is 0.435. The molecule has 3 aliphatic rings. The first-order valence-electron chi connectivity index (χ1n) is 13.4. The third-order valence-corrected chi connectivity index (χ3v) is 9.39. The van der Waals surface area contributed by atoms with Gasteiger partial charge >= 0.3 is 6.18 Å². The van der Waals surface area contributed by atoms with Gasteiger partial charge in [-0.1, -0.05) is 35.3 Å². The van der Waals surface area contributed by atoms with E-state index >= 15 is 0 Å². The van der Waals surface area contributed by atoms with E-state index in [-0.39, 0.29) is 49.3 Å². The fourth-order valence-corrected chi connectivity index (χ4v) is 6.78. The molecule has 2 amide bonds. The van der Waals surface area contributed by atoms with E-state index in [9.17, 15) is 27.9 Å². The number of carbonyl (C=O) groups is 2. The number of aliphatic hydroxyl groups is 1. The molecular formula is C29H31Cl2F3N2O3. The van der Waals surface area contributed by atoms with Crippen LogP contribution in [0.25, 0.3) is 11.1 Å². The maximum absolute atomic E-state index is 13.2. The summed E-state index contributed by atoms with van der Waals surface area (Å²) in [6.45, 7) is 1.12. The Kier molecular flexibility index (Phi) is 7.92. The first-order valence-corrected chi connectivity index (χ1v) is 14.1. The summed E-state index contributed by atoms with van der Waals surface area (Å²) < 4.78 is 38.8. The van der Waals surface area contributed by atoms with E-state index < -0.39 is 12.1 Å². The van der Waals surface area contributed by atoms with Crippen LogP contribution in [0.1, 0.15) is 60.9 Å². The molecule has 0 bridgehead atoms. The van der Waals surface area contributed by atoms with Gasteiger partial charge in [-0.2, -0.15) is 13.2 Å². The van der Waals surface area contributed by atoms with E-state index in [0.29, 0.717) is 59.9 Å². The number of rotatable bonds is 4. The molecular weight excluding hydrogens is 552 g/mol. The number of halogens is 5. The van der Waals surface area contributed by atoms with Crippen LogP contribution in [0.5, 0.6) is 0 Å². The number of aliphatic hydroxyl groups excluding tert-OH is 1. The monoisotopic (exact) mass is 582 g/mol. The van der Waals surface area contributed by atoms with Gasteiger partial charge in [-0.3, -0.25) is 9.59 Å². The lowest BCUT2D eigenvalue weighted by Crippen LogP contribution is -2.42. The summed E-state index contributed by atoms with van der Waals surface area (Å²) >= 11 is 13.3. The highest BCUT2D eigenvalue weighted by Crippen LogP contribution is 2.46. The molecule has 2 heterocycles. The van der Waals surface area contributed by atoms with Crippen LogP contribution >= 0.6 is 23.2 Å². The first-order chi connectivity index (χ1) is 18.5. The van der Waals surface area contributed by atoms with E-state index in [1.165, 1.54) is 4.90 Å². The molecule has 5 nitrogen and oxygen atoms in total. The van der Waals surface area contributed by atoms with Crippen molar-refractivity contribution in [2.24, 2.45) is 11.3 Å². The number of alkyl halides is 3. The highest BCUT2D eigenvalue weighted by atomic mass is 35.5. The minimum absolute atomic E-state index is 0.0796. The number of carbonyl (C=O) groups excluding carboxylic acids is 2. The van der Waals surface area contributed by atoms with Crippen LogP contribution < -0.4 is 0 Å². The van der Waals surface area contributed by atoms with E-state index in [0.717, 1.165) is 17.5 Å². The van der Waals surface area contributed by atoms with Crippen molar-refractivity contribution in [2.75, 3.05) is 19.6 Å². The maximum Gasteiger partial charge on any atom is 0.391 e. The van der Waals surface area contributed by atoms with Crippen molar-refractivity contribution < 1.29 is 27.9 Å². The Labute approximate surface area is 235 Å². The zero-order chi connectivity index (χ0) is 27.9. The second-order valence-corrected chi connectivity index (χ2v) is 11.9. The number of amides is 2. The van der Waals surface area contributed by atoms with Gasteiger partial charge in [0.1, 0.15) is 0 Å². The molecule has 3 fully saturated rings. The van der Waals surface area contributed by atoms with Crippen molar-refractivity contribution in [3.05, 3.63) is 57.6 Å². The molecule has 10 heteroatoms. The van der Waals surface area contributed by atoms with Crippen LogP contribution in [0.3, 0.4) is 0 Å². The van der Waals surface area contributed by atoms with Crippen molar-refractivity contribution in [2.45, 2.75) is 63.8 Å².